The van der Waals surface area contributed by atoms with E-state index < -0.39 is 5.97 Å². The number of carboxylic acid groups (broad SMARTS) is 1. The van der Waals surface area contributed by atoms with E-state index in [-0.39, 0.29) is 25.8 Å². The van der Waals surface area contributed by atoms with Crippen LogP contribution in [0.1, 0.15) is 10.5 Å². The number of hydrogen-bond acceptors (Lipinski definition) is 9. The Balaban J connectivity index is 0.000000156. The Kier molecular flexibility index (Phi) is 10.8. The van der Waals surface area contributed by atoms with Gasteiger partial charge in [-0.2, -0.15) is 42.1 Å². The van der Waals surface area contributed by atoms with Crippen LogP contribution in [-0.2, 0) is 20.1 Å². The molecule has 0 aliphatic carbocycles. The minimum absolute atomic E-state index is 0. The van der Waals surface area contributed by atoms with Crippen LogP contribution in [0.5, 0.6) is 11.5 Å². The smallest absolute Gasteiger partial charge is 0.543 e. The molecule has 12 heteroatoms. The summed E-state index contributed by atoms with van der Waals surface area (Å²) in [6.07, 6.45) is 1.41. The molecule has 0 aliphatic rings. The van der Waals surface area contributed by atoms with Crippen molar-refractivity contribution in [3.63, 3.8) is 0 Å². The molecular formula is C32H24IrN7O4. The maximum Gasteiger partial charge on any atom is 3.00 e. The molecule has 0 saturated carbocycles. The van der Waals surface area contributed by atoms with Gasteiger partial charge in [0, 0.05) is 17.7 Å². The number of benzene rings is 4. The molecule has 0 N–H and O–H groups in total. The van der Waals surface area contributed by atoms with Crippen LogP contribution in [0.25, 0.3) is 33.4 Å². The topological polar surface area (TPSA) is 133 Å². The first-order valence-electron chi connectivity index (χ1n) is 12.9. The molecular weight excluding hydrogens is 739 g/mol. The van der Waals surface area contributed by atoms with Gasteiger partial charge in [-0.3, -0.25) is 4.98 Å². The molecule has 0 atom stereocenters. The number of carbonyl (C=O) groups excluding carboxylic acids is 1. The van der Waals surface area contributed by atoms with E-state index in [2.05, 4.69) is 37.5 Å². The quantitative estimate of drug-likeness (QED) is 0.240. The SMILES string of the molecule is COc1[c-]c(-n2nc3ccccc3n2)ccc1.COc1[c-]c(-n2nc3ccccc3n2)ccc1.O=C([O-])c1ccccn1.[Ir+3]. The monoisotopic (exact) mass is 763 g/mol. The Morgan fingerprint density at radius 3 is 1.34 bits per heavy atom. The molecule has 220 valence electrons. The summed E-state index contributed by atoms with van der Waals surface area (Å²) in [6, 6.07) is 37.5. The number of carbonyl (C=O) groups is 1. The third kappa shape index (κ3) is 7.88. The van der Waals surface area contributed by atoms with Gasteiger partial charge in [-0.15, -0.1) is 36.4 Å². The average molecular weight is 763 g/mol. The van der Waals surface area contributed by atoms with Gasteiger partial charge in [-0.05, 0) is 47.8 Å². The third-order valence-electron chi connectivity index (χ3n) is 5.82. The molecule has 0 radical (unpaired) electrons. The fourth-order valence-electron chi connectivity index (χ4n) is 3.76. The van der Waals surface area contributed by atoms with Crippen molar-refractivity contribution in [1.29, 1.82) is 0 Å². The van der Waals surface area contributed by atoms with Crippen LogP contribution < -0.4 is 14.6 Å². The number of hydrogen-bond donors (Lipinski definition) is 0. The van der Waals surface area contributed by atoms with Crippen LogP contribution in [0.4, 0.5) is 0 Å². The molecule has 0 spiro atoms. The number of pyridine rings is 1. The summed E-state index contributed by atoms with van der Waals surface area (Å²) in [5.41, 5.74) is 4.96. The maximum atomic E-state index is 10.0. The van der Waals surface area contributed by atoms with Crippen LogP contribution in [-0.4, -0.2) is 55.2 Å². The standard InChI is InChI=1S/2C13H10N3O.C6H5NO2.Ir/c2*1-17-11-6-4-5-10(9-11)16-14-12-7-2-3-8-13(12)15-16;8-6(9)5-3-1-2-4-7-5;/h2*2-8H,1H3;1-4H,(H,8,9);/q2*-1;;+3/p-1. The maximum absolute atomic E-state index is 10.0. The molecule has 3 heterocycles. The zero-order chi connectivity index (χ0) is 30.0. The number of methoxy groups -OCH3 is 2. The number of fused-ring (bicyclic) bond motifs is 2. The van der Waals surface area contributed by atoms with Gasteiger partial charge >= 0.3 is 20.1 Å². The summed E-state index contributed by atoms with van der Waals surface area (Å²) in [7, 11) is 3.23. The van der Waals surface area contributed by atoms with Crippen molar-refractivity contribution in [2.24, 2.45) is 0 Å². The zero-order valence-electron chi connectivity index (χ0n) is 23.5. The summed E-state index contributed by atoms with van der Waals surface area (Å²) in [5.74, 6) is 0.100. The fourth-order valence-corrected chi connectivity index (χ4v) is 3.76. The number of ether oxygens (including phenoxy) is 2. The Bertz CT molecular complexity index is 1780. The van der Waals surface area contributed by atoms with E-state index in [1.165, 1.54) is 12.3 Å². The molecule has 0 aliphatic heterocycles. The summed E-state index contributed by atoms with van der Waals surface area (Å²) < 4.78 is 10.3. The first kappa shape index (κ1) is 31.5. The van der Waals surface area contributed by atoms with E-state index in [1.54, 1.807) is 35.9 Å². The summed E-state index contributed by atoms with van der Waals surface area (Å²) >= 11 is 0. The third-order valence-corrected chi connectivity index (χ3v) is 5.82. The second kappa shape index (κ2) is 15.1. The van der Waals surface area contributed by atoms with Crippen molar-refractivity contribution in [2.45, 2.75) is 0 Å². The second-order valence-corrected chi connectivity index (χ2v) is 8.67. The first-order valence-corrected chi connectivity index (χ1v) is 12.9. The Morgan fingerprint density at radius 1 is 0.614 bits per heavy atom. The minimum atomic E-state index is -1.24. The van der Waals surface area contributed by atoms with Gasteiger partial charge in [0.1, 0.15) is 22.1 Å². The van der Waals surface area contributed by atoms with E-state index in [0.717, 1.165) is 33.4 Å². The van der Waals surface area contributed by atoms with Crippen molar-refractivity contribution >= 4 is 28.0 Å². The fraction of sp³-hybridized carbons (Fsp3) is 0.0625. The van der Waals surface area contributed by atoms with Gasteiger partial charge in [-0.25, -0.2) is 0 Å². The summed E-state index contributed by atoms with van der Waals surface area (Å²) in [5, 5.41) is 27.5. The van der Waals surface area contributed by atoms with E-state index in [0.29, 0.717) is 11.5 Å². The number of nitrogens with zero attached hydrogens (tertiary/aromatic N) is 7. The van der Waals surface area contributed by atoms with Gasteiger partial charge in [0.2, 0.25) is 0 Å². The van der Waals surface area contributed by atoms with Gasteiger partial charge in [-0.1, -0.05) is 30.3 Å². The van der Waals surface area contributed by atoms with Crippen LogP contribution in [0.2, 0.25) is 0 Å². The minimum Gasteiger partial charge on any atom is -0.543 e. The van der Waals surface area contributed by atoms with Gasteiger partial charge < -0.3 is 19.4 Å². The molecule has 0 saturated heterocycles. The second-order valence-electron chi connectivity index (χ2n) is 8.67. The van der Waals surface area contributed by atoms with Crippen molar-refractivity contribution in [3.05, 3.63) is 127 Å². The van der Waals surface area contributed by atoms with Crippen molar-refractivity contribution in [3.8, 4) is 22.9 Å². The van der Waals surface area contributed by atoms with Crippen molar-refractivity contribution < 1.29 is 39.5 Å². The predicted octanol–water partition coefficient (Wildman–Crippen LogP) is 3.90. The Morgan fingerprint density at radius 2 is 1.02 bits per heavy atom. The van der Waals surface area contributed by atoms with Gasteiger partial charge in [0.15, 0.2) is 0 Å². The number of aromatic carboxylic acids is 1. The number of rotatable bonds is 5. The predicted molar refractivity (Wildman–Crippen MR) is 157 cm³/mol. The van der Waals surface area contributed by atoms with Crippen LogP contribution in [0.3, 0.4) is 0 Å². The van der Waals surface area contributed by atoms with E-state index in [4.69, 9.17) is 9.47 Å². The van der Waals surface area contributed by atoms with Crippen LogP contribution in [0, 0.1) is 12.1 Å². The van der Waals surface area contributed by atoms with Gasteiger partial charge in [0.05, 0.1) is 25.9 Å². The van der Waals surface area contributed by atoms with E-state index in [1.807, 2.05) is 84.9 Å². The zero-order valence-corrected chi connectivity index (χ0v) is 25.9. The van der Waals surface area contributed by atoms with Crippen molar-refractivity contribution in [2.75, 3.05) is 14.2 Å². The largest absolute Gasteiger partial charge is 3.00 e. The molecule has 0 unspecified atom stereocenters. The average Bonchev–Trinajstić information content (AvgIpc) is 3.71. The van der Waals surface area contributed by atoms with E-state index in [9.17, 15) is 9.90 Å². The number of aromatic nitrogens is 7. The molecule has 3 aromatic heterocycles. The molecule has 0 fully saturated rings. The molecule has 7 aromatic rings. The summed E-state index contributed by atoms with van der Waals surface area (Å²) in [6.45, 7) is 0. The molecule has 4 aromatic carbocycles. The van der Waals surface area contributed by atoms with Crippen LogP contribution >= 0.6 is 0 Å². The normalized spacial score (nSPS) is 10.0. The molecule has 0 amide bonds. The van der Waals surface area contributed by atoms with Crippen LogP contribution in [0.15, 0.2) is 109 Å². The molecule has 44 heavy (non-hydrogen) atoms. The first-order chi connectivity index (χ1) is 21.0. The summed E-state index contributed by atoms with van der Waals surface area (Å²) in [4.78, 5) is 16.7. The van der Waals surface area contributed by atoms with E-state index >= 15 is 0 Å². The Hall–Kier alpha value is -5.45. The Labute approximate surface area is 266 Å². The number of carboxylic acids is 1. The molecule has 11 nitrogen and oxygen atoms in total. The van der Waals surface area contributed by atoms with Crippen molar-refractivity contribution in [1.82, 2.24) is 35.0 Å². The van der Waals surface area contributed by atoms with Gasteiger partial charge in [0.25, 0.3) is 0 Å². The molecule has 0 bridgehead atoms. The molecule has 7 rings (SSSR count).